The molecule has 3 aromatic heterocycles. The number of aliphatic imine (C=N–C) groups is 1. The highest BCUT2D eigenvalue weighted by Gasteiger charge is 2.31. The summed E-state index contributed by atoms with van der Waals surface area (Å²) in [5, 5.41) is 9.48. The standard InChI is InChI=1S/C23H20FN9O2/c1-26-7-8-33(25)22-19-18(16(24)12-28-22)15(11-27-19)20(34)23(35)31-9-10-32-17(13-31)29-30-21(32)14-5-3-2-4-6-14/h2-8,11-12,27H,1,9-10,13,25H2/b8-7-. The number of nitrogens with zero attached hydrogens (tertiary/aromatic N) is 7. The van der Waals surface area contributed by atoms with Gasteiger partial charge in [-0.05, 0) is 6.72 Å². The first kappa shape index (κ1) is 22.1. The number of benzene rings is 1. The third-order valence-electron chi connectivity index (χ3n) is 5.73. The number of anilines is 1. The average molecular weight is 473 g/mol. The lowest BCUT2D eigenvalue weighted by molar-refractivity contribution is -0.127. The molecule has 0 saturated heterocycles. The Labute approximate surface area is 198 Å². The topological polar surface area (TPSA) is 138 Å². The van der Waals surface area contributed by atoms with Gasteiger partial charge in [-0.2, -0.15) is 0 Å². The number of ketones is 1. The van der Waals surface area contributed by atoms with Gasteiger partial charge in [-0.25, -0.2) is 15.2 Å². The number of H-pyrrole nitrogens is 1. The number of hydrogen-bond donors (Lipinski definition) is 2. The Hall–Kier alpha value is -4.71. The summed E-state index contributed by atoms with van der Waals surface area (Å²) in [4.78, 5) is 38.0. The smallest absolute Gasteiger partial charge is 0.295 e. The minimum Gasteiger partial charge on any atom is -0.357 e. The summed E-state index contributed by atoms with van der Waals surface area (Å²) in [7, 11) is 0. The van der Waals surface area contributed by atoms with Crippen LogP contribution in [0.5, 0.6) is 0 Å². The molecule has 4 aromatic rings. The molecule has 0 aliphatic carbocycles. The van der Waals surface area contributed by atoms with Gasteiger partial charge in [0.15, 0.2) is 23.3 Å². The Bertz CT molecular complexity index is 1480. The molecule has 0 unspecified atom stereocenters. The zero-order valence-electron chi connectivity index (χ0n) is 18.4. The Kier molecular flexibility index (Phi) is 5.63. The van der Waals surface area contributed by atoms with Crippen molar-refractivity contribution in [3.8, 4) is 11.4 Å². The number of carbonyl (C=O) groups excluding carboxylic acids is 2. The van der Waals surface area contributed by atoms with Crippen LogP contribution in [-0.4, -0.2) is 54.6 Å². The number of nitrogens with one attached hydrogen (secondary N) is 1. The number of amides is 1. The Balaban J connectivity index is 1.41. The van der Waals surface area contributed by atoms with Crippen molar-refractivity contribution in [3.63, 3.8) is 0 Å². The van der Waals surface area contributed by atoms with Gasteiger partial charge in [-0.15, -0.1) is 10.2 Å². The number of aromatic nitrogens is 5. The van der Waals surface area contributed by atoms with Crippen LogP contribution in [0, 0.1) is 5.82 Å². The molecule has 1 aliphatic heterocycles. The van der Waals surface area contributed by atoms with E-state index in [0.717, 1.165) is 16.8 Å². The fraction of sp³-hybridized carbons (Fsp3) is 0.130. The maximum absolute atomic E-state index is 14.7. The molecule has 3 N–H and O–H groups in total. The first-order chi connectivity index (χ1) is 17.0. The second-order valence-corrected chi connectivity index (χ2v) is 7.78. The van der Waals surface area contributed by atoms with Crippen LogP contribution < -0.4 is 10.9 Å². The predicted octanol–water partition coefficient (Wildman–Crippen LogP) is 2.04. The van der Waals surface area contributed by atoms with E-state index >= 15 is 0 Å². The number of aromatic amines is 1. The molecule has 1 amide bonds. The van der Waals surface area contributed by atoms with E-state index in [2.05, 4.69) is 31.9 Å². The summed E-state index contributed by atoms with van der Waals surface area (Å²) in [5.41, 5.74) is 0.971. The van der Waals surface area contributed by atoms with Gasteiger partial charge in [0.25, 0.3) is 11.7 Å². The maximum atomic E-state index is 14.7. The number of pyridine rings is 1. The highest BCUT2D eigenvalue weighted by molar-refractivity contribution is 6.45. The van der Waals surface area contributed by atoms with Gasteiger partial charge in [0.1, 0.15) is 0 Å². The van der Waals surface area contributed by atoms with E-state index in [1.165, 1.54) is 23.5 Å². The first-order valence-electron chi connectivity index (χ1n) is 10.6. The molecular formula is C23H20FN9O2. The molecule has 176 valence electrons. The highest BCUT2D eigenvalue weighted by atomic mass is 19.1. The van der Waals surface area contributed by atoms with Gasteiger partial charge in [0.05, 0.1) is 29.2 Å². The maximum Gasteiger partial charge on any atom is 0.295 e. The number of fused-ring (bicyclic) bond motifs is 2. The van der Waals surface area contributed by atoms with Crippen LogP contribution in [0.15, 0.2) is 60.1 Å². The fourth-order valence-corrected chi connectivity index (χ4v) is 4.05. The van der Waals surface area contributed by atoms with E-state index in [9.17, 15) is 14.0 Å². The van der Waals surface area contributed by atoms with Crippen LogP contribution in [0.2, 0.25) is 0 Å². The number of rotatable bonds is 6. The van der Waals surface area contributed by atoms with Crippen LogP contribution in [0.1, 0.15) is 16.2 Å². The summed E-state index contributed by atoms with van der Waals surface area (Å²) in [6.07, 6.45) is 4.92. The highest BCUT2D eigenvalue weighted by Crippen LogP contribution is 2.29. The molecule has 1 aromatic carbocycles. The Morgan fingerprint density at radius 2 is 2.03 bits per heavy atom. The van der Waals surface area contributed by atoms with Crippen LogP contribution >= 0.6 is 0 Å². The average Bonchev–Trinajstić information content (AvgIpc) is 3.52. The van der Waals surface area contributed by atoms with Crippen molar-refractivity contribution in [1.82, 2.24) is 29.6 Å². The number of Topliss-reactive ketones (excluding diaryl/α,β-unsaturated/α-hetero) is 1. The third kappa shape index (κ3) is 3.85. The van der Waals surface area contributed by atoms with E-state index in [-0.39, 0.29) is 35.4 Å². The number of hydrogen-bond acceptors (Lipinski definition) is 8. The SMILES string of the molecule is C=N/C=C\N(N)c1ncc(F)c2c(C(=O)C(=O)N3CCn4c(nnc4-c4ccccc4)C3)c[nH]c12. The van der Waals surface area contributed by atoms with E-state index < -0.39 is 17.5 Å². The molecular weight excluding hydrogens is 453 g/mol. The van der Waals surface area contributed by atoms with Crippen molar-refractivity contribution in [2.24, 2.45) is 10.8 Å². The van der Waals surface area contributed by atoms with Crippen LogP contribution in [0.25, 0.3) is 22.3 Å². The summed E-state index contributed by atoms with van der Waals surface area (Å²) < 4.78 is 16.6. The summed E-state index contributed by atoms with van der Waals surface area (Å²) in [5.74, 6) is 4.96. The minimum atomic E-state index is -0.851. The van der Waals surface area contributed by atoms with E-state index in [1.54, 1.807) is 0 Å². The van der Waals surface area contributed by atoms with Gasteiger partial charge < -0.3 is 14.5 Å². The lowest BCUT2D eigenvalue weighted by Crippen LogP contribution is -2.42. The quantitative estimate of drug-likeness (QED) is 0.144. The van der Waals surface area contributed by atoms with Crippen molar-refractivity contribution < 1.29 is 14.0 Å². The van der Waals surface area contributed by atoms with Gasteiger partial charge >= 0.3 is 0 Å². The largest absolute Gasteiger partial charge is 0.357 e. The summed E-state index contributed by atoms with van der Waals surface area (Å²) in [6, 6.07) is 9.59. The number of nitrogens with two attached hydrogens (primary N) is 1. The second-order valence-electron chi connectivity index (χ2n) is 7.78. The van der Waals surface area contributed by atoms with Gasteiger partial charge in [0, 0.05) is 37.2 Å². The minimum absolute atomic E-state index is 0.0738. The van der Waals surface area contributed by atoms with Crippen molar-refractivity contribution >= 4 is 35.1 Å². The molecule has 5 rings (SSSR count). The molecule has 1 aliphatic rings. The van der Waals surface area contributed by atoms with E-state index in [0.29, 0.717) is 18.2 Å². The van der Waals surface area contributed by atoms with Gasteiger partial charge in [0.2, 0.25) is 0 Å². The number of carbonyl (C=O) groups is 2. The third-order valence-corrected chi connectivity index (χ3v) is 5.73. The first-order valence-corrected chi connectivity index (χ1v) is 10.6. The summed E-state index contributed by atoms with van der Waals surface area (Å²) in [6.45, 7) is 4.13. The zero-order valence-corrected chi connectivity index (χ0v) is 18.4. The van der Waals surface area contributed by atoms with Gasteiger partial charge in [-0.1, -0.05) is 30.3 Å². The molecule has 0 bridgehead atoms. The molecule has 35 heavy (non-hydrogen) atoms. The van der Waals surface area contributed by atoms with Crippen LogP contribution in [0.3, 0.4) is 0 Å². The molecule has 0 atom stereocenters. The number of halogens is 1. The predicted molar refractivity (Wildman–Crippen MR) is 127 cm³/mol. The van der Waals surface area contributed by atoms with Crippen molar-refractivity contribution in [1.29, 1.82) is 0 Å². The molecule has 12 heteroatoms. The van der Waals surface area contributed by atoms with Crippen molar-refractivity contribution in [2.75, 3.05) is 11.6 Å². The van der Waals surface area contributed by atoms with Gasteiger partial charge in [-0.3, -0.25) is 19.6 Å². The molecule has 0 fully saturated rings. The van der Waals surface area contributed by atoms with Crippen LogP contribution in [0.4, 0.5) is 10.2 Å². The van der Waals surface area contributed by atoms with Crippen molar-refractivity contribution in [3.05, 3.63) is 72.3 Å². The van der Waals surface area contributed by atoms with Crippen molar-refractivity contribution in [2.45, 2.75) is 13.1 Å². The Morgan fingerprint density at radius 1 is 1.23 bits per heavy atom. The Morgan fingerprint density at radius 3 is 2.80 bits per heavy atom. The zero-order chi connectivity index (χ0) is 24.5. The second kappa shape index (κ2) is 8.91. The molecule has 11 nitrogen and oxygen atoms in total. The van der Waals surface area contributed by atoms with E-state index in [4.69, 9.17) is 5.84 Å². The fourth-order valence-electron chi connectivity index (χ4n) is 4.05. The monoisotopic (exact) mass is 473 g/mol. The number of hydrazine groups is 1. The van der Waals surface area contributed by atoms with Crippen LogP contribution in [-0.2, 0) is 17.9 Å². The normalized spacial score (nSPS) is 13.3. The van der Waals surface area contributed by atoms with E-state index in [1.807, 2.05) is 34.9 Å². The molecule has 0 radical (unpaired) electrons. The lowest BCUT2D eigenvalue weighted by atomic mass is 10.1. The molecule has 4 heterocycles. The summed E-state index contributed by atoms with van der Waals surface area (Å²) >= 11 is 0. The molecule has 0 saturated carbocycles. The molecule has 0 spiro atoms. The lowest BCUT2D eigenvalue weighted by Gasteiger charge is -2.27.